The largest absolute Gasteiger partial charge is 0.444 e. The first-order valence-electron chi connectivity index (χ1n) is 9.89. The van der Waals surface area contributed by atoms with Crippen LogP contribution >= 0.6 is 0 Å². The molecule has 2 aliphatic rings. The van der Waals surface area contributed by atoms with E-state index in [1.807, 2.05) is 31.9 Å². The van der Waals surface area contributed by atoms with Gasteiger partial charge in [-0.2, -0.15) is 0 Å². The van der Waals surface area contributed by atoms with Crippen LogP contribution in [0, 0.1) is 0 Å². The standard InChI is InChI=1S/C19H35N5O3/c1-15-8-10-20-17(22(15)5)24-13-11-23(12-14-24)16(25)7-6-9-21-18(26)27-19(2,3)4/h10,15,17H,6-9,11-14H2,1-5H3,(H,21,26). The predicted molar refractivity (Wildman–Crippen MR) is 106 cm³/mol. The summed E-state index contributed by atoms with van der Waals surface area (Å²) < 4.78 is 5.18. The number of amides is 2. The molecular weight excluding hydrogens is 346 g/mol. The zero-order valence-electron chi connectivity index (χ0n) is 17.4. The normalized spacial score (nSPS) is 24.7. The van der Waals surface area contributed by atoms with Gasteiger partial charge < -0.3 is 15.0 Å². The van der Waals surface area contributed by atoms with Crippen molar-refractivity contribution in [2.75, 3.05) is 39.8 Å². The van der Waals surface area contributed by atoms with Crippen LogP contribution in [0.1, 0.15) is 47.0 Å². The molecule has 1 fully saturated rings. The van der Waals surface area contributed by atoms with Gasteiger partial charge in [0.1, 0.15) is 5.60 Å². The lowest BCUT2D eigenvalue weighted by atomic mass is 10.2. The third-order valence-corrected chi connectivity index (χ3v) is 4.97. The maximum Gasteiger partial charge on any atom is 0.407 e. The first-order chi connectivity index (χ1) is 12.7. The Kier molecular flexibility index (Phi) is 7.61. The number of piperazine rings is 1. The zero-order valence-corrected chi connectivity index (χ0v) is 17.4. The molecule has 0 aromatic heterocycles. The van der Waals surface area contributed by atoms with Crippen molar-refractivity contribution in [3.63, 3.8) is 0 Å². The average molecular weight is 382 g/mol. The van der Waals surface area contributed by atoms with Gasteiger partial charge in [0, 0.05) is 51.4 Å². The second-order valence-corrected chi connectivity index (χ2v) is 8.38. The molecule has 8 nitrogen and oxygen atoms in total. The van der Waals surface area contributed by atoms with Crippen LogP contribution < -0.4 is 5.32 Å². The van der Waals surface area contributed by atoms with Gasteiger partial charge in [0.05, 0.1) is 0 Å². The Bertz CT molecular complexity index is 538. The van der Waals surface area contributed by atoms with Gasteiger partial charge in [-0.3, -0.25) is 19.6 Å². The highest BCUT2D eigenvalue weighted by Gasteiger charge is 2.30. The number of rotatable bonds is 5. The van der Waals surface area contributed by atoms with Crippen molar-refractivity contribution in [1.82, 2.24) is 20.0 Å². The predicted octanol–water partition coefficient (Wildman–Crippen LogP) is 1.51. The molecule has 0 aromatic rings. The highest BCUT2D eigenvalue weighted by Crippen LogP contribution is 2.17. The molecule has 2 amide bonds. The number of alkyl carbamates (subject to hydrolysis) is 1. The van der Waals surface area contributed by atoms with Crippen molar-refractivity contribution < 1.29 is 14.3 Å². The van der Waals surface area contributed by atoms with Crippen molar-refractivity contribution in [1.29, 1.82) is 0 Å². The van der Waals surface area contributed by atoms with Gasteiger partial charge in [0.2, 0.25) is 5.91 Å². The molecule has 0 radical (unpaired) electrons. The Hall–Kier alpha value is -1.67. The molecule has 1 saturated heterocycles. The highest BCUT2D eigenvalue weighted by atomic mass is 16.6. The van der Waals surface area contributed by atoms with Crippen molar-refractivity contribution >= 4 is 18.2 Å². The minimum Gasteiger partial charge on any atom is -0.444 e. The summed E-state index contributed by atoms with van der Waals surface area (Å²) in [6.45, 7) is 11.3. The van der Waals surface area contributed by atoms with Crippen molar-refractivity contribution in [2.24, 2.45) is 4.99 Å². The van der Waals surface area contributed by atoms with Crippen LogP contribution in [-0.2, 0) is 9.53 Å². The molecule has 8 heteroatoms. The number of nitrogens with zero attached hydrogens (tertiary/aromatic N) is 4. The van der Waals surface area contributed by atoms with Crippen molar-refractivity contribution in [2.45, 2.75) is 64.9 Å². The summed E-state index contributed by atoms with van der Waals surface area (Å²) in [4.78, 5) is 35.2. The first kappa shape index (κ1) is 21.6. The first-order valence-corrected chi connectivity index (χ1v) is 9.89. The van der Waals surface area contributed by atoms with Crippen molar-refractivity contribution in [3.05, 3.63) is 0 Å². The van der Waals surface area contributed by atoms with Gasteiger partial charge in [0.25, 0.3) is 0 Å². The van der Waals surface area contributed by atoms with Crippen LogP contribution in [0.5, 0.6) is 0 Å². The van der Waals surface area contributed by atoms with Gasteiger partial charge in [-0.25, -0.2) is 4.79 Å². The maximum atomic E-state index is 12.4. The minimum atomic E-state index is -0.506. The molecular formula is C19H35N5O3. The van der Waals surface area contributed by atoms with E-state index >= 15 is 0 Å². The smallest absolute Gasteiger partial charge is 0.407 e. The van der Waals surface area contributed by atoms with Gasteiger partial charge in [-0.1, -0.05) is 0 Å². The van der Waals surface area contributed by atoms with E-state index in [0.29, 0.717) is 25.4 Å². The number of carbonyl (C=O) groups is 2. The van der Waals surface area contributed by atoms with Crippen LogP contribution in [0.2, 0.25) is 0 Å². The van der Waals surface area contributed by atoms with Crippen LogP contribution in [0.15, 0.2) is 4.99 Å². The van der Waals surface area contributed by atoms with Gasteiger partial charge >= 0.3 is 6.09 Å². The fourth-order valence-electron chi connectivity index (χ4n) is 3.26. The van der Waals surface area contributed by atoms with Crippen LogP contribution in [0.4, 0.5) is 4.79 Å². The monoisotopic (exact) mass is 381 g/mol. The molecule has 0 saturated carbocycles. The van der Waals surface area contributed by atoms with Crippen LogP contribution in [0.3, 0.4) is 0 Å². The molecule has 2 atom stereocenters. The third-order valence-electron chi connectivity index (χ3n) is 4.97. The van der Waals surface area contributed by atoms with Crippen molar-refractivity contribution in [3.8, 4) is 0 Å². The lowest BCUT2D eigenvalue weighted by Gasteiger charge is -2.43. The van der Waals surface area contributed by atoms with E-state index in [1.165, 1.54) is 0 Å². The molecule has 0 aliphatic carbocycles. The molecule has 1 N–H and O–H groups in total. The minimum absolute atomic E-state index is 0.0871. The highest BCUT2D eigenvalue weighted by molar-refractivity contribution is 5.76. The lowest BCUT2D eigenvalue weighted by molar-refractivity contribution is -0.134. The summed E-state index contributed by atoms with van der Waals surface area (Å²) in [5.41, 5.74) is -0.506. The number of hydrogen-bond acceptors (Lipinski definition) is 6. The molecule has 0 bridgehead atoms. The Balaban J connectivity index is 1.66. The lowest BCUT2D eigenvalue weighted by Crippen LogP contribution is -2.57. The zero-order chi connectivity index (χ0) is 20.0. The molecule has 0 spiro atoms. The fourth-order valence-corrected chi connectivity index (χ4v) is 3.26. The Labute approximate surface area is 162 Å². The topological polar surface area (TPSA) is 77.5 Å². The molecule has 2 unspecified atom stereocenters. The van der Waals surface area contributed by atoms with E-state index in [1.54, 1.807) is 0 Å². The summed E-state index contributed by atoms with van der Waals surface area (Å²) in [7, 11) is 2.11. The molecule has 154 valence electrons. The SMILES string of the molecule is CC1CC=NC(N2CCN(C(=O)CCCNC(=O)OC(C)(C)C)CC2)N1C. The van der Waals surface area contributed by atoms with E-state index < -0.39 is 11.7 Å². The Morgan fingerprint density at radius 2 is 1.89 bits per heavy atom. The fraction of sp³-hybridized carbons (Fsp3) is 0.842. The summed E-state index contributed by atoms with van der Waals surface area (Å²) >= 11 is 0. The second kappa shape index (κ2) is 9.50. The number of nitrogens with one attached hydrogen (secondary N) is 1. The number of ether oxygens (including phenoxy) is 1. The third kappa shape index (κ3) is 6.77. The molecule has 2 heterocycles. The molecule has 2 rings (SSSR count). The van der Waals surface area contributed by atoms with E-state index in [0.717, 1.165) is 32.6 Å². The second-order valence-electron chi connectivity index (χ2n) is 8.38. The van der Waals surface area contributed by atoms with Crippen LogP contribution in [-0.4, -0.2) is 90.6 Å². The van der Waals surface area contributed by atoms with E-state index in [2.05, 4.69) is 34.1 Å². The summed E-state index contributed by atoms with van der Waals surface area (Å²) in [6, 6.07) is 0.490. The number of aliphatic imine (C=N–C) groups is 1. The number of hydrogen-bond donors (Lipinski definition) is 1. The summed E-state index contributed by atoms with van der Waals surface area (Å²) in [5.74, 6) is 0.148. The average Bonchev–Trinajstić information content (AvgIpc) is 2.59. The summed E-state index contributed by atoms with van der Waals surface area (Å²) in [5, 5.41) is 2.70. The van der Waals surface area contributed by atoms with Gasteiger partial charge in [0.15, 0.2) is 6.29 Å². The van der Waals surface area contributed by atoms with E-state index in [4.69, 9.17) is 4.74 Å². The maximum absolute atomic E-state index is 12.4. The van der Waals surface area contributed by atoms with Crippen LogP contribution in [0.25, 0.3) is 0 Å². The van der Waals surface area contributed by atoms with E-state index in [9.17, 15) is 9.59 Å². The molecule has 27 heavy (non-hydrogen) atoms. The van der Waals surface area contributed by atoms with E-state index in [-0.39, 0.29) is 12.2 Å². The summed E-state index contributed by atoms with van der Waals surface area (Å²) in [6.07, 6.45) is 3.71. The Morgan fingerprint density at radius 1 is 1.22 bits per heavy atom. The molecule has 2 aliphatic heterocycles. The quantitative estimate of drug-likeness (QED) is 0.731. The van der Waals surface area contributed by atoms with Gasteiger partial charge in [-0.15, -0.1) is 0 Å². The number of carbonyl (C=O) groups excluding carboxylic acids is 2. The molecule has 0 aromatic carbocycles. The Morgan fingerprint density at radius 3 is 2.52 bits per heavy atom. The van der Waals surface area contributed by atoms with Gasteiger partial charge in [-0.05, 0) is 47.6 Å².